The van der Waals surface area contributed by atoms with E-state index in [9.17, 15) is 21.6 Å². The van der Waals surface area contributed by atoms with Crippen molar-refractivity contribution in [2.24, 2.45) is 0 Å². The molecule has 186 valence electrons. The number of carbonyl (C=O) groups is 1. The van der Waals surface area contributed by atoms with E-state index in [1.54, 1.807) is 5.38 Å². The van der Waals surface area contributed by atoms with Gasteiger partial charge in [0.15, 0.2) is 5.13 Å². The molecule has 0 radical (unpaired) electrons. The highest BCUT2D eigenvalue weighted by molar-refractivity contribution is 7.93. The maximum atomic E-state index is 13.1. The van der Waals surface area contributed by atoms with Crippen molar-refractivity contribution in [1.82, 2.24) is 9.29 Å². The molecule has 1 fully saturated rings. The van der Waals surface area contributed by atoms with Gasteiger partial charge in [-0.15, -0.1) is 11.3 Å². The summed E-state index contributed by atoms with van der Waals surface area (Å²) in [7, 11) is -7.95. The van der Waals surface area contributed by atoms with E-state index in [1.165, 1.54) is 40.8 Å². The fourth-order valence-electron chi connectivity index (χ4n) is 3.21. The number of anilines is 2. The van der Waals surface area contributed by atoms with E-state index in [0.717, 1.165) is 17.4 Å². The maximum absolute atomic E-state index is 13.1. The van der Waals surface area contributed by atoms with Gasteiger partial charge in [-0.25, -0.2) is 21.8 Å². The Morgan fingerprint density at radius 1 is 1.06 bits per heavy atom. The number of nitrogens with zero attached hydrogens (tertiary/aromatic N) is 2. The smallest absolute Gasteiger partial charge is 0.263 e. The van der Waals surface area contributed by atoms with Crippen LogP contribution in [0.5, 0.6) is 0 Å². The van der Waals surface area contributed by atoms with Crippen molar-refractivity contribution in [2.45, 2.75) is 9.79 Å². The number of amides is 1. The predicted molar refractivity (Wildman–Crippen MR) is 133 cm³/mol. The largest absolute Gasteiger partial charge is 0.379 e. The van der Waals surface area contributed by atoms with Gasteiger partial charge in [0.25, 0.3) is 15.9 Å². The first-order valence-electron chi connectivity index (χ1n) is 9.98. The number of rotatable bonds is 7. The molecule has 0 bridgehead atoms. The van der Waals surface area contributed by atoms with Crippen LogP contribution in [0.1, 0.15) is 10.4 Å². The fourth-order valence-corrected chi connectivity index (χ4v) is 7.29. The highest BCUT2D eigenvalue weighted by Gasteiger charge is 2.30. The van der Waals surface area contributed by atoms with Crippen LogP contribution in [-0.4, -0.2) is 58.3 Å². The summed E-state index contributed by atoms with van der Waals surface area (Å²) in [6, 6.07) is 7.83. The summed E-state index contributed by atoms with van der Waals surface area (Å²) in [5, 5.41) is 4.17. The number of hydrogen-bond donors (Lipinski definition) is 2. The quantitative estimate of drug-likeness (QED) is 0.439. The Labute approximate surface area is 215 Å². The first-order valence-corrected chi connectivity index (χ1v) is 14.5. The molecule has 1 aliphatic rings. The average molecular weight is 577 g/mol. The van der Waals surface area contributed by atoms with Gasteiger partial charge in [0.2, 0.25) is 10.0 Å². The number of nitrogens with one attached hydrogen (secondary N) is 2. The van der Waals surface area contributed by atoms with Crippen molar-refractivity contribution in [3.05, 3.63) is 63.6 Å². The monoisotopic (exact) mass is 576 g/mol. The SMILES string of the molecule is O=C(Nc1cccc(S(=O)(=O)Nc2nccs2)c1)c1cc(S(=O)(=O)N2CCOCC2)c(Cl)cc1Cl. The van der Waals surface area contributed by atoms with Gasteiger partial charge in [0.1, 0.15) is 4.90 Å². The fraction of sp³-hybridized carbons (Fsp3) is 0.200. The number of hydrogen-bond acceptors (Lipinski definition) is 8. The molecule has 1 saturated heterocycles. The summed E-state index contributed by atoms with van der Waals surface area (Å²) in [5.41, 5.74) is 0.0117. The number of ether oxygens (including phenoxy) is 1. The van der Waals surface area contributed by atoms with Crippen molar-refractivity contribution in [1.29, 1.82) is 0 Å². The second kappa shape index (κ2) is 10.4. The van der Waals surface area contributed by atoms with Crippen molar-refractivity contribution in [2.75, 3.05) is 36.3 Å². The van der Waals surface area contributed by atoms with E-state index in [-0.39, 0.29) is 62.5 Å². The Hall–Kier alpha value is -2.26. The van der Waals surface area contributed by atoms with Gasteiger partial charge in [-0.05, 0) is 30.3 Å². The summed E-state index contributed by atoms with van der Waals surface area (Å²) in [5.74, 6) is -0.743. The highest BCUT2D eigenvalue weighted by atomic mass is 35.5. The van der Waals surface area contributed by atoms with Gasteiger partial charge in [-0.2, -0.15) is 4.31 Å². The number of benzene rings is 2. The molecule has 1 aliphatic heterocycles. The van der Waals surface area contributed by atoms with Crippen molar-refractivity contribution in [3.63, 3.8) is 0 Å². The van der Waals surface area contributed by atoms with Gasteiger partial charge < -0.3 is 10.1 Å². The van der Waals surface area contributed by atoms with Gasteiger partial charge in [-0.1, -0.05) is 29.3 Å². The zero-order valence-corrected chi connectivity index (χ0v) is 21.7. The average Bonchev–Trinajstić information content (AvgIpc) is 3.32. The molecule has 35 heavy (non-hydrogen) atoms. The minimum absolute atomic E-state index is 0.0670. The third-order valence-corrected chi connectivity index (χ3v) is 9.74. The summed E-state index contributed by atoms with van der Waals surface area (Å²) in [6.45, 7) is 0.793. The standard InChI is InChI=1S/C20H18Cl2N4O6S3/c21-16-12-17(22)18(35(30,31)26-5-7-32-8-6-26)11-15(16)19(27)24-13-2-1-3-14(10-13)34(28,29)25-20-23-4-9-33-20/h1-4,9-12H,5-8H2,(H,23,25)(H,24,27). The molecule has 0 saturated carbocycles. The van der Waals surface area contributed by atoms with Crippen LogP contribution in [0.3, 0.4) is 0 Å². The molecule has 2 N–H and O–H groups in total. The molecule has 4 rings (SSSR count). The Bertz CT molecular complexity index is 1460. The van der Waals surface area contributed by atoms with Crippen LogP contribution >= 0.6 is 34.5 Å². The lowest BCUT2D eigenvalue weighted by atomic mass is 10.2. The minimum Gasteiger partial charge on any atom is -0.379 e. The van der Waals surface area contributed by atoms with Crippen LogP contribution in [0.15, 0.2) is 57.8 Å². The molecule has 2 heterocycles. The Morgan fingerprint density at radius 3 is 2.49 bits per heavy atom. The molecule has 10 nitrogen and oxygen atoms in total. The first-order chi connectivity index (χ1) is 16.6. The second-order valence-corrected chi connectivity index (χ2v) is 12.5. The molecule has 1 amide bonds. The lowest BCUT2D eigenvalue weighted by molar-refractivity contribution is 0.0730. The van der Waals surface area contributed by atoms with E-state index < -0.39 is 26.0 Å². The van der Waals surface area contributed by atoms with Gasteiger partial charge in [-0.3, -0.25) is 9.52 Å². The number of carbonyl (C=O) groups excluding carboxylic acids is 1. The molecule has 2 aromatic carbocycles. The van der Waals surface area contributed by atoms with E-state index in [2.05, 4.69) is 15.0 Å². The molecular formula is C20H18Cl2N4O6S3. The maximum Gasteiger partial charge on any atom is 0.263 e. The van der Waals surface area contributed by atoms with Gasteiger partial charge >= 0.3 is 0 Å². The molecule has 3 aromatic rings. The zero-order chi connectivity index (χ0) is 25.2. The van der Waals surface area contributed by atoms with Crippen LogP contribution < -0.4 is 10.0 Å². The Morgan fingerprint density at radius 2 is 1.80 bits per heavy atom. The molecule has 0 spiro atoms. The van der Waals surface area contributed by atoms with E-state index in [0.29, 0.717) is 0 Å². The van der Waals surface area contributed by atoms with Crippen molar-refractivity contribution in [3.8, 4) is 0 Å². The minimum atomic E-state index is -4.00. The number of morpholine rings is 1. The topological polar surface area (TPSA) is 135 Å². The van der Waals surface area contributed by atoms with E-state index >= 15 is 0 Å². The summed E-state index contributed by atoms with van der Waals surface area (Å²) < 4.78 is 60.2. The summed E-state index contributed by atoms with van der Waals surface area (Å²) >= 11 is 13.5. The normalized spacial score (nSPS) is 15.0. The molecule has 15 heteroatoms. The third kappa shape index (κ3) is 5.77. The molecular weight excluding hydrogens is 559 g/mol. The van der Waals surface area contributed by atoms with Crippen LogP contribution in [0.25, 0.3) is 0 Å². The third-order valence-electron chi connectivity index (χ3n) is 4.91. The molecule has 1 aromatic heterocycles. The van der Waals surface area contributed by atoms with Gasteiger partial charge in [0, 0.05) is 30.4 Å². The predicted octanol–water partition coefficient (Wildman–Crippen LogP) is 3.52. The summed E-state index contributed by atoms with van der Waals surface area (Å²) in [6.07, 6.45) is 1.46. The second-order valence-electron chi connectivity index (χ2n) is 7.20. The highest BCUT2D eigenvalue weighted by Crippen LogP contribution is 2.32. The number of aromatic nitrogens is 1. The van der Waals surface area contributed by atoms with Crippen LogP contribution in [-0.2, 0) is 24.8 Å². The molecule has 0 unspecified atom stereocenters. The number of sulfonamides is 2. The van der Waals surface area contributed by atoms with Gasteiger partial charge in [0.05, 0.1) is 33.7 Å². The first kappa shape index (κ1) is 25.8. The zero-order valence-electron chi connectivity index (χ0n) is 17.8. The lowest BCUT2D eigenvalue weighted by Crippen LogP contribution is -2.40. The number of halogens is 2. The van der Waals surface area contributed by atoms with E-state index in [4.69, 9.17) is 27.9 Å². The van der Waals surface area contributed by atoms with E-state index in [1.807, 2.05) is 0 Å². The Balaban J connectivity index is 1.60. The summed E-state index contributed by atoms with van der Waals surface area (Å²) in [4.78, 5) is 16.5. The molecule has 0 atom stereocenters. The lowest BCUT2D eigenvalue weighted by Gasteiger charge is -2.26. The molecule has 0 aliphatic carbocycles. The number of thiazole rings is 1. The van der Waals surface area contributed by atoms with Crippen molar-refractivity contribution < 1.29 is 26.4 Å². The van der Waals surface area contributed by atoms with Crippen molar-refractivity contribution >= 4 is 71.3 Å². The van der Waals surface area contributed by atoms with Crippen LogP contribution in [0, 0.1) is 0 Å². The van der Waals surface area contributed by atoms with Crippen LogP contribution in [0.4, 0.5) is 10.8 Å². The van der Waals surface area contributed by atoms with Crippen LogP contribution in [0.2, 0.25) is 10.0 Å². The Kier molecular flexibility index (Phi) is 7.66.